The van der Waals surface area contributed by atoms with Crippen molar-refractivity contribution < 1.29 is 9.59 Å². The number of hydrogen-bond donors (Lipinski definition) is 2. The van der Waals surface area contributed by atoms with Crippen LogP contribution in [0.3, 0.4) is 0 Å². The van der Waals surface area contributed by atoms with Crippen LogP contribution < -0.4 is 10.6 Å². The van der Waals surface area contributed by atoms with Crippen molar-refractivity contribution in [3.8, 4) is 11.3 Å². The minimum atomic E-state index is -0.551. The first-order valence-corrected chi connectivity index (χ1v) is 6.85. The van der Waals surface area contributed by atoms with E-state index in [4.69, 9.17) is 0 Å². The van der Waals surface area contributed by atoms with Gasteiger partial charge in [0, 0.05) is 25.2 Å². The van der Waals surface area contributed by atoms with Crippen molar-refractivity contribution in [3.05, 3.63) is 42.5 Å². The number of fused-ring (bicyclic) bond motifs is 1. The van der Waals surface area contributed by atoms with Gasteiger partial charge < -0.3 is 9.88 Å². The highest BCUT2D eigenvalue weighted by Gasteiger charge is 2.12. The van der Waals surface area contributed by atoms with Gasteiger partial charge in [0.25, 0.3) is 5.91 Å². The Balaban J connectivity index is 1.92. The van der Waals surface area contributed by atoms with Crippen LogP contribution in [0.25, 0.3) is 22.4 Å². The number of carbonyl (C=O) groups is 2. The molecule has 3 amide bonds. The second kappa shape index (κ2) is 5.84. The Kier molecular flexibility index (Phi) is 3.71. The molecule has 0 saturated heterocycles. The summed E-state index contributed by atoms with van der Waals surface area (Å²) in [6.07, 6.45) is 3.15. The van der Waals surface area contributed by atoms with Crippen LogP contribution in [-0.2, 0) is 7.05 Å². The van der Waals surface area contributed by atoms with E-state index in [2.05, 4.69) is 25.6 Å². The molecule has 23 heavy (non-hydrogen) atoms. The number of imidazole rings is 1. The predicted molar refractivity (Wildman–Crippen MR) is 83.7 cm³/mol. The number of nitrogens with one attached hydrogen (secondary N) is 2. The number of urea groups is 1. The quantitative estimate of drug-likeness (QED) is 0.738. The standard InChI is InChI=1S/C15H14N6O2/c1-16-15(23)20-14(22)10-5-3-9(4-6-10)11-12-13(18-7-17-11)21(2)8-19-12/h3-8H,1-2H3,(H2,16,20,22,23). The third-order valence-corrected chi connectivity index (χ3v) is 3.37. The minimum absolute atomic E-state index is 0.378. The highest BCUT2D eigenvalue weighted by Crippen LogP contribution is 2.23. The van der Waals surface area contributed by atoms with Gasteiger partial charge in [0.2, 0.25) is 0 Å². The van der Waals surface area contributed by atoms with Gasteiger partial charge in [-0.15, -0.1) is 0 Å². The second-order valence-corrected chi connectivity index (χ2v) is 4.86. The van der Waals surface area contributed by atoms with Crippen LogP contribution >= 0.6 is 0 Å². The summed E-state index contributed by atoms with van der Waals surface area (Å²) >= 11 is 0. The van der Waals surface area contributed by atoms with Gasteiger partial charge in [-0.2, -0.15) is 0 Å². The molecule has 2 heterocycles. The summed E-state index contributed by atoms with van der Waals surface area (Å²) < 4.78 is 1.81. The maximum Gasteiger partial charge on any atom is 0.321 e. The molecule has 3 rings (SSSR count). The lowest BCUT2D eigenvalue weighted by Gasteiger charge is -2.05. The summed E-state index contributed by atoms with van der Waals surface area (Å²) in [5, 5.41) is 4.53. The van der Waals surface area contributed by atoms with Crippen LogP contribution in [0.2, 0.25) is 0 Å². The van der Waals surface area contributed by atoms with Crippen molar-refractivity contribution in [1.82, 2.24) is 30.2 Å². The third kappa shape index (κ3) is 2.73. The zero-order chi connectivity index (χ0) is 16.4. The Bertz CT molecular complexity index is 885. The Morgan fingerprint density at radius 1 is 1.09 bits per heavy atom. The molecule has 8 heteroatoms. The predicted octanol–water partition coefficient (Wildman–Crippen LogP) is 1.10. The van der Waals surface area contributed by atoms with Gasteiger partial charge in [-0.05, 0) is 12.1 Å². The maximum absolute atomic E-state index is 11.9. The average Bonchev–Trinajstić information content (AvgIpc) is 2.96. The monoisotopic (exact) mass is 310 g/mol. The van der Waals surface area contributed by atoms with Crippen molar-refractivity contribution >= 4 is 23.1 Å². The van der Waals surface area contributed by atoms with Crippen LogP contribution in [-0.4, -0.2) is 38.5 Å². The van der Waals surface area contributed by atoms with E-state index in [1.54, 1.807) is 30.6 Å². The Labute approximate surface area is 131 Å². The van der Waals surface area contributed by atoms with Crippen molar-refractivity contribution in [2.75, 3.05) is 7.05 Å². The first-order valence-electron chi connectivity index (χ1n) is 6.85. The van der Waals surface area contributed by atoms with Crippen LogP contribution in [0.15, 0.2) is 36.9 Å². The second-order valence-electron chi connectivity index (χ2n) is 4.86. The molecule has 0 bridgehead atoms. The molecular weight excluding hydrogens is 296 g/mol. The number of amides is 3. The molecule has 0 fully saturated rings. The van der Waals surface area contributed by atoms with E-state index in [9.17, 15) is 9.59 Å². The summed E-state index contributed by atoms with van der Waals surface area (Å²) in [6, 6.07) is 6.23. The van der Waals surface area contributed by atoms with Crippen LogP contribution in [0.1, 0.15) is 10.4 Å². The van der Waals surface area contributed by atoms with Crippen molar-refractivity contribution in [1.29, 1.82) is 0 Å². The fraction of sp³-hybridized carbons (Fsp3) is 0.133. The number of rotatable bonds is 2. The lowest BCUT2D eigenvalue weighted by Crippen LogP contribution is -2.37. The number of aromatic nitrogens is 4. The summed E-state index contributed by atoms with van der Waals surface area (Å²) in [6.45, 7) is 0. The van der Waals surface area contributed by atoms with Crippen LogP contribution in [0.4, 0.5) is 4.79 Å². The van der Waals surface area contributed by atoms with E-state index < -0.39 is 11.9 Å². The molecule has 0 aliphatic carbocycles. The van der Waals surface area contributed by atoms with E-state index in [0.29, 0.717) is 16.8 Å². The van der Waals surface area contributed by atoms with Gasteiger partial charge in [-0.3, -0.25) is 10.1 Å². The number of benzene rings is 1. The first kappa shape index (κ1) is 14.6. The normalized spacial score (nSPS) is 10.5. The SMILES string of the molecule is CNC(=O)NC(=O)c1ccc(-c2ncnc3c2ncn3C)cc1. The minimum Gasteiger partial charge on any atom is -0.341 e. The zero-order valence-electron chi connectivity index (χ0n) is 12.6. The van der Waals surface area contributed by atoms with E-state index in [0.717, 1.165) is 11.2 Å². The fourth-order valence-electron chi connectivity index (χ4n) is 2.17. The lowest BCUT2D eigenvalue weighted by molar-refractivity contribution is 0.0964. The molecule has 0 spiro atoms. The fourth-order valence-corrected chi connectivity index (χ4v) is 2.17. The van der Waals surface area contributed by atoms with Crippen LogP contribution in [0.5, 0.6) is 0 Å². The molecule has 116 valence electrons. The number of hydrogen-bond acceptors (Lipinski definition) is 5. The van der Waals surface area contributed by atoms with Gasteiger partial charge in [-0.1, -0.05) is 12.1 Å². The van der Waals surface area contributed by atoms with Gasteiger partial charge in [0.15, 0.2) is 5.65 Å². The largest absolute Gasteiger partial charge is 0.341 e. The summed E-state index contributed by atoms with van der Waals surface area (Å²) in [5.41, 5.74) is 3.30. The molecule has 0 aliphatic heterocycles. The number of carbonyl (C=O) groups excluding carboxylic acids is 2. The highest BCUT2D eigenvalue weighted by molar-refractivity contribution is 6.04. The van der Waals surface area contributed by atoms with Crippen molar-refractivity contribution in [2.45, 2.75) is 0 Å². The maximum atomic E-state index is 11.9. The van der Waals surface area contributed by atoms with Crippen LogP contribution in [0, 0.1) is 0 Å². The van der Waals surface area contributed by atoms with E-state index in [-0.39, 0.29) is 0 Å². The number of nitrogens with zero attached hydrogens (tertiary/aromatic N) is 4. The topological polar surface area (TPSA) is 102 Å². The van der Waals surface area contributed by atoms with E-state index in [1.165, 1.54) is 13.4 Å². The molecule has 0 atom stereocenters. The molecule has 2 N–H and O–H groups in total. The summed E-state index contributed by atoms with van der Waals surface area (Å²) in [7, 11) is 3.30. The Morgan fingerprint density at radius 3 is 2.52 bits per heavy atom. The molecule has 2 aromatic heterocycles. The van der Waals surface area contributed by atoms with Gasteiger partial charge in [0.1, 0.15) is 17.5 Å². The number of aryl methyl sites for hydroxylation is 1. The zero-order valence-corrected chi connectivity index (χ0v) is 12.6. The molecule has 3 aromatic rings. The molecule has 0 saturated carbocycles. The van der Waals surface area contributed by atoms with Crippen molar-refractivity contribution in [3.63, 3.8) is 0 Å². The summed E-state index contributed by atoms with van der Waals surface area (Å²) in [5.74, 6) is -0.471. The molecule has 8 nitrogen and oxygen atoms in total. The number of imide groups is 1. The molecule has 0 aliphatic rings. The van der Waals surface area contributed by atoms with Crippen molar-refractivity contribution in [2.24, 2.45) is 7.05 Å². The Morgan fingerprint density at radius 2 is 1.83 bits per heavy atom. The highest BCUT2D eigenvalue weighted by atomic mass is 16.2. The average molecular weight is 310 g/mol. The third-order valence-electron chi connectivity index (χ3n) is 3.37. The smallest absolute Gasteiger partial charge is 0.321 e. The summed E-state index contributed by atoms with van der Waals surface area (Å²) in [4.78, 5) is 35.8. The van der Waals surface area contributed by atoms with E-state index >= 15 is 0 Å². The molecular formula is C15H14N6O2. The Hall–Kier alpha value is -3.29. The van der Waals surface area contributed by atoms with Gasteiger partial charge in [-0.25, -0.2) is 19.7 Å². The molecule has 0 unspecified atom stereocenters. The first-order chi connectivity index (χ1) is 11.1. The molecule has 1 aromatic carbocycles. The van der Waals surface area contributed by atoms with E-state index in [1.807, 2.05) is 11.6 Å². The van der Waals surface area contributed by atoms with Gasteiger partial charge >= 0.3 is 6.03 Å². The lowest BCUT2D eigenvalue weighted by atomic mass is 10.1. The molecule has 0 radical (unpaired) electrons. The van der Waals surface area contributed by atoms with Gasteiger partial charge in [0.05, 0.1) is 6.33 Å².